The van der Waals surface area contributed by atoms with Crippen LogP contribution in [0.4, 0.5) is 18.0 Å². The highest BCUT2D eigenvalue weighted by atomic mass is 35.5. The van der Waals surface area contributed by atoms with Gasteiger partial charge in [0.15, 0.2) is 5.76 Å². The van der Waals surface area contributed by atoms with Gasteiger partial charge in [-0.3, -0.25) is 4.79 Å². The maximum absolute atomic E-state index is 15.2. The Bertz CT molecular complexity index is 2110. The predicted octanol–water partition coefficient (Wildman–Crippen LogP) is 11.1. The van der Waals surface area contributed by atoms with Crippen molar-refractivity contribution in [2.75, 3.05) is 19.7 Å². The van der Waals surface area contributed by atoms with E-state index in [9.17, 15) is 28.2 Å². The number of ether oxygens (including phenoxy) is 1. The summed E-state index contributed by atoms with van der Waals surface area (Å²) in [4.78, 5) is 31.0. The number of aliphatic hydroxyl groups excluding tert-OH is 1. The van der Waals surface area contributed by atoms with E-state index in [4.69, 9.17) is 20.8 Å². The van der Waals surface area contributed by atoms with Gasteiger partial charge in [0.1, 0.15) is 5.76 Å². The summed E-state index contributed by atoms with van der Waals surface area (Å²) >= 11 is 6.42. The molecule has 318 valence electrons. The van der Waals surface area contributed by atoms with E-state index in [-0.39, 0.29) is 69.8 Å². The van der Waals surface area contributed by atoms with Crippen molar-refractivity contribution in [2.24, 2.45) is 56.7 Å². The van der Waals surface area contributed by atoms with E-state index in [1.165, 1.54) is 37.5 Å². The Hall–Kier alpha value is -3.08. The van der Waals surface area contributed by atoms with Crippen LogP contribution in [0.2, 0.25) is 5.02 Å². The van der Waals surface area contributed by atoms with Gasteiger partial charge in [-0.25, -0.2) is 4.79 Å². The van der Waals surface area contributed by atoms with Gasteiger partial charge in [0, 0.05) is 33.9 Å². The Morgan fingerprint density at radius 1 is 0.898 bits per heavy atom. The van der Waals surface area contributed by atoms with Crippen LogP contribution in [-0.4, -0.2) is 58.4 Å². The molecule has 7 fully saturated rings. The van der Waals surface area contributed by atoms with Crippen LogP contribution in [0.25, 0.3) is 11.3 Å². The Morgan fingerprint density at radius 2 is 1.56 bits per heavy atom. The van der Waals surface area contributed by atoms with E-state index in [0.29, 0.717) is 55.6 Å². The molecule has 7 nitrogen and oxygen atoms in total. The number of Topliss-reactive ketones (excluding diaryl/α,β-unsaturated/α-hetero) is 1. The molecule has 1 amide bonds. The van der Waals surface area contributed by atoms with Crippen molar-refractivity contribution >= 4 is 23.5 Å². The molecule has 12 rings (SSSR count). The van der Waals surface area contributed by atoms with Gasteiger partial charge in [0.2, 0.25) is 5.78 Å². The lowest BCUT2D eigenvalue weighted by molar-refractivity contribution is -0.177. The molecule has 2 aromatic rings. The topological polar surface area (TPSA) is 100 Å². The summed E-state index contributed by atoms with van der Waals surface area (Å²) in [7, 11) is 0. The minimum atomic E-state index is -4.59. The van der Waals surface area contributed by atoms with Crippen molar-refractivity contribution in [2.45, 2.75) is 122 Å². The number of halogens is 4. The summed E-state index contributed by atoms with van der Waals surface area (Å²) < 4.78 is 53.1. The number of amides is 1. The third-order valence-electron chi connectivity index (χ3n) is 18.0. The van der Waals surface area contributed by atoms with E-state index in [1.54, 1.807) is 0 Å². The Balaban J connectivity index is 1.02. The second kappa shape index (κ2) is 13.2. The molecule has 7 saturated carbocycles. The number of fused-ring (bicyclic) bond motifs is 1. The average molecular weight is 836 g/mol. The summed E-state index contributed by atoms with van der Waals surface area (Å²) in [5, 5.41) is 24.4. The number of carbonyl (C=O) groups is 2. The molecular formula is C48H57ClF3NO6. The number of allylic oxidation sites excluding steroid dienone is 4. The molecular weight excluding hydrogens is 779 g/mol. The fourth-order valence-electron chi connectivity index (χ4n) is 15.8. The average Bonchev–Trinajstić information content (AvgIpc) is 3.76. The van der Waals surface area contributed by atoms with E-state index in [1.807, 2.05) is 11.8 Å². The molecule has 1 aromatic heterocycles. The van der Waals surface area contributed by atoms with Gasteiger partial charge in [-0.15, -0.1) is 0 Å². The van der Waals surface area contributed by atoms with Crippen LogP contribution in [0.1, 0.15) is 120 Å². The summed E-state index contributed by atoms with van der Waals surface area (Å²) in [5.41, 5.74) is -3.76. The molecule has 8 unspecified atom stereocenters. The van der Waals surface area contributed by atoms with Crippen LogP contribution in [0.5, 0.6) is 0 Å². The number of rotatable bonds is 8. The summed E-state index contributed by atoms with van der Waals surface area (Å²) in [6.07, 6.45) is 12.9. The molecule has 11 heteroatoms. The van der Waals surface area contributed by atoms with E-state index in [2.05, 4.69) is 32.1 Å². The van der Waals surface area contributed by atoms with Gasteiger partial charge in [-0.1, -0.05) is 43.7 Å². The lowest BCUT2D eigenvalue weighted by atomic mass is 9.32. The normalized spacial score (nSPS) is 42.6. The quantitative estimate of drug-likeness (QED) is 0.203. The SMILES string of the molecule is CCOC(=O)N(CC12CC3CC(CC(C3)C1)C2)CC1(O)CCC2C34C=CC5(C=C3C(=O)c3ccc(-c6cc(C(F)(F)F)ccc6Cl)o3)CC(O)CCC5(C)C4CCC21C. The van der Waals surface area contributed by atoms with Crippen LogP contribution in [0.3, 0.4) is 0 Å². The molecule has 0 radical (unpaired) electrons. The number of hydrogen-bond donors (Lipinski definition) is 2. The molecule has 1 aromatic carbocycles. The molecule has 8 atom stereocenters. The number of alkyl halides is 3. The van der Waals surface area contributed by atoms with Crippen LogP contribution >= 0.6 is 11.6 Å². The summed E-state index contributed by atoms with van der Waals surface area (Å²) in [6, 6.07) is 6.07. The van der Waals surface area contributed by atoms with E-state index < -0.39 is 39.7 Å². The third-order valence-corrected chi connectivity index (χ3v) is 18.3. The number of furan rings is 1. The molecule has 2 N–H and O–H groups in total. The number of benzene rings is 1. The van der Waals surface area contributed by atoms with Gasteiger partial charge in [0.25, 0.3) is 0 Å². The third kappa shape index (κ3) is 5.72. The molecule has 0 saturated heterocycles. The van der Waals surface area contributed by atoms with Crippen molar-refractivity contribution in [3.63, 3.8) is 0 Å². The van der Waals surface area contributed by atoms with Gasteiger partial charge < -0.3 is 24.3 Å². The second-order valence-corrected chi connectivity index (χ2v) is 21.4. The van der Waals surface area contributed by atoms with Crippen LogP contribution < -0.4 is 0 Å². The minimum Gasteiger partial charge on any atom is -0.453 e. The molecule has 10 aliphatic rings. The highest BCUT2D eigenvalue weighted by Crippen LogP contribution is 2.78. The van der Waals surface area contributed by atoms with Crippen LogP contribution in [0.15, 0.2) is 58.6 Å². The Labute approximate surface area is 349 Å². The zero-order valence-electron chi connectivity index (χ0n) is 34.4. The first kappa shape index (κ1) is 40.0. The summed E-state index contributed by atoms with van der Waals surface area (Å²) in [6.45, 7) is 7.33. The highest BCUT2D eigenvalue weighted by molar-refractivity contribution is 6.33. The standard InChI is InChI=1S/C48H57ClF3NO6/c1-4-58-41(56)53(26-44-21-28-17-29(22-44)19-30(18-28)23-44)27-46(57)14-11-39-43(46,3)13-10-38-42(2)12-9-32(54)24-45(42)15-16-47(38,39)34(25-45)40(55)37-8-7-36(59-37)33-20-31(48(50,51)52)5-6-35(33)49/h5-8,15-16,20,25,28-30,32,38-39,54,57H,4,9-14,17-19,21-24,26-27H2,1-3H3. The lowest BCUT2D eigenvalue weighted by Gasteiger charge is -2.71. The first-order valence-corrected chi connectivity index (χ1v) is 22.5. The number of aliphatic hydroxyl groups is 2. The first-order chi connectivity index (χ1) is 27.9. The smallest absolute Gasteiger partial charge is 0.416 e. The maximum atomic E-state index is 15.2. The fraction of sp³-hybridized carbons (Fsp3) is 0.667. The van der Waals surface area contributed by atoms with Crippen molar-refractivity contribution in [1.82, 2.24) is 4.90 Å². The molecule has 6 bridgehead atoms. The fourth-order valence-corrected chi connectivity index (χ4v) is 16.0. The Kier molecular flexibility index (Phi) is 8.96. The zero-order valence-corrected chi connectivity index (χ0v) is 35.1. The van der Waals surface area contributed by atoms with Crippen molar-refractivity contribution in [1.29, 1.82) is 0 Å². The number of nitrogens with zero attached hydrogens (tertiary/aromatic N) is 1. The molecule has 2 spiro atoms. The largest absolute Gasteiger partial charge is 0.453 e. The maximum Gasteiger partial charge on any atom is 0.416 e. The van der Waals surface area contributed by atoms with Crippen molar-refractivity contribution < 1.29 is 42.1 Å². The minimum absolute atomic E-state index is 0.00728. The second-order valence-electron chi connectivity index (χ2n) is 21.0. The highest BCUT2D eigenvalue weighted by Gasteiger charge is 2.75. The predicted molar refractivity (Wildman–Crippen MR) is 216 cm³/mol. The van der Waals surface area contributed by atoms with Gasteiger partial charge in [-0.05, 0) is 161 Å². The lowest BCUT2D eigenvalue weighted by Crippen LogP contribution is -2.67. The number of carbonyl (C=O) groups excluding carboxylic acids is 2. The number of ketones is 1. The molecule has 59 heavy (non-hydrogen) atoms. The molecule has 0 aliphatic heterocycles. The zero-order chi connectivity index (χ0) is 41.5. The molecule has 10 aliphatic carbocycles. The van der Waals surface area contributed by atoms with Crippen molar-refractivity contribution in [3.05, 3.63) is 70.5 Å². The van der Waals surface area contributed by atoms with Crippen LogP contribution in [0, 0.1) is 56.7 Å². The summed E-state index contributed by atoms with van der Waals surface area (Å²) in [5.74, 6) is 1.73. The first-order valence-electron chi connectivity index (χ1n) is 22.1. The van der Waals surface area contributed by atoms with Crippen LogP contribution in [-0.2, 0) is 10.9 Å². The Morgan fingerprint density at radius 3 is 2.24 bits per heavy atom. The number of hydrogen-bond acceptors (Lipinski definition) is 6. The van der Waals surface area contributed by atoms with E-state index >= 15 is 4.79 Å². The van der Waals surface area contributed by atoms with Crippen molar-refractivity contribution in [3.8, 4) is 11.3 Å². The van der Waals surface area contributed by atoms with Gasteiger partial charge >= 0.3 is 12.3 Å². The molecule has 1 heterocycles. The van der Waals surface area contributed by atoms with E-state index in [0.717, 1.165) is 50.7 Å². The monoisotopic (exact) mass is 835 g/mol. The van der Waals surface area contributed by atoms with Gasteiger partial charge in [0.05, 0.1) is 35.4 Å². The van der Waals surface area contributed by atoms with Gasteiger partial charge in [-0.2, -0.15) is 13.2 Å².